The molecule has 0 bridgehead atoms. The molecule has 8 heteroatoms. The van der Waals surface area contributed by atoms with Crippen LogP contribution in [0.1, 0.15) is 10.4 Å². The number of hydrogen-bond donors (Lipinski definition) is 1. The van der Waals surface area contributed by atoms with Gasteiger partial charge in [0.05, 0.1) is 17.7 Å². The number of halogens is 3. The Morgan fingerprint density at radius 2 is 2.10 bits per heavy atom. The van der Waals surface area contributed by atoms with Gasteiger partial charge in [0.2, 0.25) is 11.8 Å². The molecule has 1 N–H and O–H groups in total. The van der Waals surface area contributed by atoms with Crippen LogP contribution in [0, 0.1) is 5.82 Å². The number of rotatable bonds is 3. The van der Waals surface area contributed by atoms with Gasteiger partial charge in [-0.25, -0.2) is 9.37 Å². The zero-order valence-corrected chi connectivity index (χ0v) is 11.7. The van der Waals surface area contributed by atoms with Crippen LogP contribution in [0.2, 0.25) is 10.2 Å². The molecule has 2 rings (SSSR count). The Labute approximate surface area is 123 Å². The summed E-state index contributed by atoms with van der Waals surface area (Å²) in [5.74, 6) is -1.49. The molecule has 0 radical (unpaired) electrons. The lowest BCUT2D eigenvalue weighted by Crippen LogP contribution is -2.16. The maximum Gasteiger partial charge on any atom is 0.261 e. The standard InChI is InChI=1S/C12H8Cl2FN3O2/c1-20-9-5-8(14)16-12(17-9)18-11(19)6-3-2-4-7(13)10(6)15/h2-5H,1H3,(H,16,17,18,19). The molecule has 2 aromatic rings. The predicted molar refractivity (Wildman–Crippen MR) is 73.0 cm³/mol. The average molecular weight is 316 g/mol. The van der Waals surface area contributed by atoms with Gasteiger partial charge in [0.1, 0.15) is 5.15 Å². The fourth-order valence-corrected chi connectivity index (χ4v) is 1.75. The van der Waals surface area contributed by atoms with Crippen LogP contribution in [0.4, 0.5) is 10.3 Å². The second-order valence-corrected chi connectivity index (χ2v) is 4.41. The molecular weight excluding hydrogens is 308 g/mol. The second-order valence-electron chi connectivity index (χ2n) is 3.61. The minimum absolute atomic E-state index is 0.0821. The van der Waals surface area contributed by atoms with Crippen LogP contribution in [0.3, 0.4) is 0 Å². The van der Waals surface area contributed by atoms with Crippen molar-refractivity contribution in [1.82, 2.24) is 9.97 Å². The van der Waals surface area contributed by atoms with Gasteiger partial charge in [-0.05, 0) is 12.1 Å². The number of benzene rings is 1. The van der Waals surface area contributed by atoms with E-state index >= 15 is 0 Å². The van der Waals surface area contributed by atoms with Crippen LogP contribution >= 0.6 is 23.2 Å². The second kappa shape index (κ2) is 6.02. The van der Waals surface area contributed by atoms with Crippen LogP contribution in [0.25, 0.3) is 0 Å². The summed E-state index contributed by atoms with van der Waals surface area (Å²) in [5.41, 5.74) is -0.222. The van der Waals surface area contributed by atoms with Crippen molar-refractivity contribution in [3.63, 3.8) is 0 Å². The first kappa shape index (κ1) is 14.5. The van der Waals surface area contributed by atoms with Crippen molar-refractivity contribution in [3.8, 4) is 5.88 Å². The molecule has 0 spiro atoms. The molecule has 0 fully saturated rings. The summed E-state index contributed by atoms with van der Waals surface area (Å²) >= 11 is 11.3. The number of nitrogens with one attached hydrogen (secondary N) is 1. The molecule has 0 aliphatic heterocycles. The average Bonchev–Trinajstić information content (AvgIpc) is 2.41. The summed E-state index contributed by atoms with van der Waals surface area (Å²) in [7, 11) is 1.39. The van der Waals surface area contributed by atoms with Crippen LogP contribution in [0.15, 0.2) is 24.3 Å². The number of amides is 1. The maximum absolute atomic E-state index is 13.7. The van der Waals surface area contributed by atoms with E-state index in [1.807, 2.05) is 0 Å². The van der Waals surface area contributed by atoms with Crippen LogP contribution < -0.4 is 10.1 Å². The van der Waals surface area contributed by atoms with E-state index in [9.17, 15) is 9.18 Å². The first-order chi connectivity index (χ1) is 9.51. The highest BCUT2D eigenvalue weighted by Crippen LogP contribution is 2.20. The van der Waals surface area contributed by atoms with Gasteiger partial charge in [0.15, 0.2) is 5.82 Å². The van der Waals surface area contributed by atoms with Gasteiger partial charge in [0.25, 0.3) is 5.91 Å². The van der Waals surface area contributed by atoms with E-state index in [0.717, 1.165) is 0 Å². The predicted octanol–water partition coefficient (Wildman–Crippen LogP) is 3.18. The smallest absolute Gasteiger partial charge is 0.261 e. The third-order valence-electron chi connectivity index (χ3n) is 2.30. The Morgan fingerprint density at radius 1 is 1.35 bits per heavy atom. The molecule has 5 nitrogen and oxygen atoms in total. The molecule has 1 heterocycles. The molecule has 0 atom stereocenters. The van der Waals surface area contributed by atoms with E-state index < -0.39 is 11.7 Å². The van der Waals surface area contributed by atoms with E-state index in [2.05, 4.69) is 15.3 Å². The highest BCUT2D eigenvalue weighted by molar-refractivity contribution is 6.31. The zero-order valence-electron chi connectivity index (χ0n) is 10.2. The molecule has 1 aromatic heterocycles. The number of carbonyl (C=O) groups is 1. The third-order valence-corrected chi connectivity index (χ3v) is 2.79. The molecule has 20 heavy (non-hydrogen) atoms. The van der Waals surface area contributed by atoms with Gasteiger partial charge in [-0.3, -0.25) is 10.1 Å². The lowest BCUT2D eigenvalue weighted by molar-refractivity contribution is 0.102. The minimum Gasteiger partial charge on any atom is -0.481 e. The van der Waals surface area contributed by atoms with Gasteiger partial charge in [-0.1, -0.05) is 29.3 Å². The Balaban J connectivity index is 2.28. The number of hydrogen-bond acceptors (Lipinski definition) is 4. The molecule has 0 aliphatic rings. The van der Waals surface area contributed by atoms with Gasteiger partial charge in [-0.15, -0.1) is 0 Å². The molecule has 1 amide bonds. The van der Waals surface area contributed by atoms with Crippen molar-refractivity contribution in [2.75, 3.05) is 12.4 Å². The van der Waals surface area contributed by atoms with Crippen molar-refractivity contribution < 1.29 is 13.9 Å². The summed E-state index contributed by atoms with van der Waals surface area (Å²) in [4.78, 5) is 19.6. The van der Waals surface area contributed by atoms with Crippen molar-refractivity contribution in [2.45, 2.75) is 0 Å². The van der Waals surface area contributed by atoms with Crippen LogP contribution in [-0.2, 0) is 0 Å². The summed E-state index contributed by atoms with van der Waals surface area (Å²) in [5, 5.41) is 2.25. The number of methoxy groups -OCH3 is 1. The Hall–Kier alpha value is -1.92. The molecule has 104 valence electrons. The fraction of sp³-hybridized carbons (Fsp3) is 0.0833. The van der Waals surface area contributed by atoms with E-state index in [1.54, 1.807) is 0 Å². The molecule has 0 saturated carbocycles. The highest BCUT2D eigenvalue weighted by Gasteiger charge is 2.16. The van der Waals surface area contributed by atoms with Crippen molar-refractivity contribution in [1.29, 1.82) is 0 Å². The number of aromatic nitrogens is 2. The SMILES string of the molecule is COc1cc(Cl)nc(NC(=O)c2cccc(Cl)c2F)n1. The largest absolute Gasteiger partial charge is 0.481 e. The van der Waals surface area contributed by atoms with Crippen molar-refractivity contribution >= 4 is 35.1 Å². The molecule has 0 saturated heterocycles. The normalized spacial score (nSPS) is 10.2. The van der Waals surface area contributed by atoms with Gasteiger partial charge < -0.3 is 4.74 Å². The van der Waals surface area contributed by atoms with Crippen molar-refractivity contribution in [3.05, 3.63) is 45.8 Å². The van der Waals surface area contributed by atoms with Gasteiger partial charge in [-0.2, -0.15) is 4.98 Å². The Bertz CT molecular complexity index is 667. The van der Waals surface area contributed by atoms with E-state index in [4.69, 9.17) is 27.9 Å². The quantitative estimate of drug-likeness (QED) is 0.883. The summed E-state index contributed by atoms with van der Waals surface area (Å²) in [6.45, 7) is 0. The number of nitrogens with zero attached hydrogens (tertiary/aromatic N) is 2. The molecule has 0 unspecified atom stereocenters. The molecular formula is C12H8Cl2FN3O2. The van der Waals surface area contributed by atoms with Gasteiger partial charge in [0, 0.05) is 6.07 Å². The molecule has 0 aliphatic carbocycles. The first-order valence-corrected chi connectivity index (χ1v) is 6.11. The minimum atomic E-state index is -0.819. The van der Waals surface area contributed by atoms with E-state index in [0.29, 0.717) is 0 Å². The Morgan fingerprint density at radius 3 is 2.80 bits per heavy atom. The highest BCUT2D eigenvalue weighted by atomic mass is 35.5. The van der Waals surface area contributed by atoms with Crippen LogP contribution in [-0.4, -0.2) is 23.0 Å². The summed E-state index contributed by atoms with van der Waals surface area (Å²) < 4.78 is 18.6. The number of anilines is 1. The first-order valence-electron chi connectivity index (χ1n) is 5.35. The summed E-state index contributed by atoms with van der Waals surface area (Å²) in [6.07, 6.45) is 0. The zero-order chi connectivity index (χ0) is 14.7. The number of ether oxygens (including phenoxy) is 1. The topological polar surface area (TPSA) is 64.1 Å². The number of carbonyl (C=O) groups excluding carboxylic acids is 1. The van der Waals surface area contributed by atoms with E-state index in [-0.39, 0.29) is 27.6 Å². The monoisotopic (exact) mass is 315 g/mol. The van der Waals surface area contributed by atoms with Gasteiger partial charge >= 0.3 is 0 Å². The lowest BCUT2D eigenvalue weighted by atomic mass is 10.2. The van der Waals surface area contributed by atoms with Crippen LogP contribution in [0.5, 0.6) is 5.88 Å². The fourth-order valence-electron chi connectivity index (χ4n) is 1.41. The maximum atomic E-state index is 13.7. The van der Waals surface area contributed by atoms with E-state index in [1.165, 1.54) is 31.4 Å². The van der Waals surface area contributed by atoms with Crippen molar-refractivity contribution in [2.24, 2.45) is 0 Å². The third kappa shape index (κ3) is 3.15. The summed E-state index contributed by atoms with van der Waals surface area (Å²) in [6, 6.07) is 5.46. The molecule has 1 aromatic carbocycles. The lowest BCUT2D eigenvalue weighted by Gasteiger charge is -2.07. The Kier molecular flexibility index (Phi) is 4.36.